The number of rotatable bonds is 4. The average Bonchev–Trinajstić information content (AvgIpc) is 2.06. The standard InChI is InChI=1S/C7H8O5S2/c8-7-3-1-6(2-4-7)5-13-12-14(9,10)11/h1-4,8H,5H2,(H,9,10,11). The second-order valence-electron chi connectivity index (χ2n) is 2.42. The highest BCUT2D eigenvalue weighted by Gasteiger charge is 2.04. The van der Waals surface area contributed by atoms with Gasteiger partial charge >= 0.3 is 10.4 Å². The molecule has 7 heteroatoms. The van der Waals surface area contributed by atoms with Crippen LogP contribution in [0, 0.1) is 0 Å². The van der Waals surface area contributed by atoms with Crippen molar-refractivity contribution in [2.45, 2.75) is 5.75 Å². The molecule has 1 aromatic carbocycles. The zero-order valence-corrected chi connectivity index (χ0v) is 8.59. The van der Waals surface area contributed by atoms with Crippen LogP contribution in [0.1, 0.15) is 5.56 Å². The molecule has 0 fully saturated rings. The van der Waals surface area contributed by atoms with Crippen molar-refractivity contribution in [3.8, 4) is 5.75 Å². The molecule has 0 atom stereocenters. The van der Waals surface area contributed by atoms with Crippen molar-refractivity contribution >= 4 is 22.4 Å². The summed E-state index contributed by atoms with van der Waals surface area (Å²) in [6.07, 6.45) is 0. The third-order valence-electron chi connectivity index (χ3n) is 1.30. The molecular weight excluding hydrogens is 228 g/mol. The molecule has 0 aliphatic heterocycles. The summed E-state index contributed by atoms with van der Waals surface area (Å²) in [6, 6.07) is 6.19. The van der Waals surface area contributed by atoms with Gasteiger partial charge in [0.1, 0.15) is 5.75 Å². The van der Waals surface area contributed by atoms with Crippen LogP contribution in [0.3, 0.4) is 0 Å². The van der Waals surface area contributed by atoms with Crippen LogP contribution in [0.5, 0.6) is 5.75 Å². The van der Waals surface area contributed by atoms with E-state index in [-0.39, 0.29) is 11.5 Å². The highest BCUT2D eigenvalue weighted by atomic mass is 32.3. The molecule has 78 valence electrons. The molecule has 0 heterocycles. The highest BCUT2D eigenvalue weighted by molar-refractivity contribution is 8.02. The molecule has 14 heavy (non-hydrogen) atoms. The first-order chi connectivity index (χ1) is 6.47. The molecule has 0 aromatic heterocycles. The van der Waals surface area contributed by atoms with Crippen LogP contribution in [-0.4, -0.2) is 18.1 Å². The second kappa shape index (κ2) is 4.65. The van der Waals surface area contributed by atoms with E-state index in [2.05, 4.69) is 3.63 Å². The van der Waals surface area contributed by atoms with Crippen molar-refractivity contribution in [2.24, 2.45) is 0 Å². The number of benzene rings is 1. The van der Waals surface area contributed by atoms with E-state index in [0.29, 0.717) is 12.0 Å². The zero-order valence-electron chi connectivity index (χ0n) is 6.95. The van der Waals surface area contributed by atoms with Gasteiger partial charge in [0.2, 0.25) is 0 Å². The molecule has 0 amide bonds. The fraction of sp³-hybridized carbons (Fsp3) is 0.143. The summed E-state index contributed by atoms with van der Waals surface area (Å²) >= 11 is 0.600. The average molecular weight is 236 g/mol. The Hall–Kier alpha value is -0.760. The molecule has 2 N–H and O–H groups in total. The summed E-state index contributed by atoms with van der Waals surface area (Å²) in [7, 11) is -4.39. The number of hydrogen-bond acceptors (Lipinski definition) is 5. The third kappa shape index (κ3) is 4.47. The van der Waals surface area contributed by atoms with Gasteiger partial charge in [0.15, 0.2) is 0 Å². The molecular formula is C7H8O5S2. The Balaban J connectivity index is 2.43. The van der Waals surface area contributed by atoms with Gasteiger partial charge in [-0.05, 0) is 17.7 Å². The van der Waals surface area contributed by atoms with Gasteiger partial charge in [0.05, 0.1) is 0 Å². The van der Waals surface area contributed by atoms with Crippen LogP contribution in [0.4, 0.5) is 0 Å². The lowest BCUT2D eigenvalue weighted by Crippen LogP contribution is -1.97. The Morgan fingerprint density at radius 2 is 1.86 bits per heavy atom. The number of hydrogen-bond donors (Lipinski definition) is 2. The summed E-state index contributed by atoms with van der Waals surface area (Å²) < 4.78 is 32.6. The first-order valence-corrected chi connectivity index (χ1v) is 5.81. The monoisotopic (exact) mass is 236 g/mol. The normalized spacial score (nSPS) is 11.5. The molecule has 1 rings (SSSR count). The Labute approximate surface area is 85.9 Å². The third-order valence-corrected chi connectivity index (χ3v) is 2.82. The predicted octanol–water partition coefficient (Wildman–Crippen LogP) is 1.36. The lowest BCUT2D eigenvalue weighted by atomic mass is 10.2. The first-order valence-electron chi connectivity index (χ1n) is 3.54. The minimum atomic E-state index is -4.39. The molecule has 0 saturated carbocycles. The molecule has 1 aromatic rings. The van der Waals surface area contributed by atoms with Crippen LogP contribution >= 0.6 is 12.0 Å². The van der Waals surface area contributed by atoms with E-state index in [1.807, 2.05) is 0 Å². The molecule has 0 unspecified atom stereocenters. The summed E-state index contributed by atoms with van der Waals surface area (Å²) in [5, 5.41) is 8.94. The van der Waals surface area contributed by atoms with Gasteiger partial charge in [0.25, 0.3) is 0 Å². The summed E-state index contributed by atoms with van der Waals surface area (Å²) in [4.78, 5) is 0. The quantitative estimate of drug-likeness (QED) is 0.606. The second-order valence-corrected chi connectivity index (χ2v) is 4.35. The van der Waals surface area contributed by atoms with Crippen molar-refractivity contribution in [3.05, 3.63) is 29.8 Å². The fourth-order valence-corrected chi connectivity index (χ4v) is 1.75. The van der Waals surface area contributed by atoms with Gasteiger partial charge in [-0.25, -0.2) is 0 Å². The minimum Gasteiger partial charge on any atom is -0.508 e. The van der Waals surface area contributed by atoms with Gasteiger partial charge in [0, 0.05) is 17.8 Å². The SMILES string of the molecule is O=S(=O)(O)OSCc1ccc(O)cc1. The topological polar surface area (TPSA) is 83.8 Å². The fourth-order valence-electron chi connectivity index (χ4n) is 0.745. The maximum atomic E-state index is 10.1. The molecule has 0 spiro atoms. The van der Waals surface area contributed by atoms with Gasteiger partial charge in [-0.1, -0.05) is 12.1 Å². The predicted molar refractivity (Wildman–Crippen MR) is 52.0 cm³/mol. The minimum absolute atomic E-state index is 0.134. The van der Waals surface area contributed by atoms with Crippen molar-refractivity contribution < 1.29 is 21.7 Å². The van der Waals surface area contributed by atoms with Crippen LogP contribution in [0.15, 0.2) is 24.3 Å². The molecule has 0 aliphatic rings. The van der Waals surface area contributed by atoms with Crippen LogP contribution < -0.4 is 0 Å². The molecule has 0 radical (unpaired) electrons. The van der Waals surface area contributed by atoms with Crippen molar-refractivity contribution in [1.29, 1.82) is 0 Å². The Morgan fingerprint density at radius 3 is 2.36 bits per heavy atom. The van der Waals surface area contributed by atoms with E-state index in [4.69, 9.17) is 9.66 Å². The maximum Gasteiger partial charge on any atom is 0.408 e. The van der Waals surface area contributed by atoms with E-state index in [1.165, 1.54) is 12.1 Å². The Morgan fingerprint density at radius 1 is 1.29 bits per heavy atom. The number of phenolic OH excluding ortho intramolecular Hbond substituents is 1. The van der Waals surface area contributed by atoms with Crippen molar-refractivity contribution in [1.82, 2.24) is 0 Å². The summed E-state index contributed by atoms with van der Waals surface area (Å²) in [5.74, 6) is 0.398. The maximum absolute atomic E-state index is 10.1. The molecule has 0 bridgehead atoms. The smallest absolute Gasteiger partial charge is 0.408 e. The van der Waals surface area contributed by atoms with E-state index in [9.17, 15) is 8.42 Å². The van der Waals surface area contributed by atoms with E-state index >= 15 is 0 Å². The van der Waals surface area contributed by atoms with Gasteiger partial charge in [-0.3, -0.25) is 4.55 Å². The highest BCUT2D eigenvalue weighted by Crippen LogP contribution is 2.17. The van der Waals surface area contributed by atoms with E-state index < -0.39 is 10.4 Å². The Bertz CT molecular complexity index is 383. The summed E-state index contributed by atoms with van der Waals surface area (Å²) in [5.41, 5.74) is 0.774. The van der Waals surface area contributed by atoms with Gasteiger partial charge in [-0.15, -0.1) is 0 Å². The number of phenols is 1. The molecule has 0 aliphatic carbocycles. The summed E-state index contributed by atoms with van der Waals surface area (Å²) in [6.45, 7) is 0. The van der Waals surface area contributed by atoms with Crippen LogP contribution in [0.2, 0.25) is 0 Å². The lowest BCUT2D eigenvalue weighted by molar-refractivity contribution is 0.407. The van der Waals surface area contributed by atoms with E-state index in [0.717, 1.165) is 5.56 Å². The van der Waals surface area contributed by atoms with Gasteiger partial charge in [-0.2, -0.15) is 12.0 Å². The van der Waals surface area contributed by atoms with Crippen LogP contribution in [-0.2, 0) is 19.8 Å². The largest absolute Gasteiger partial charge is 0.508 e. The van der Waals surface area contributed by atoms with Gasteiger partial charge < -0.3 is 5.11 Å². The van der Waals surface area contributed by atoms with Crippen molar-refractivity contribution in [2.75, 3.05) is 0 Å². The zero-order chi connectivity index (χ0) is 10.6. The first kappa shape index (κ1) is 11.3. The number of aromatic hydroxyl groups is 1. The van der Waals surface area contributed by atoms with Crippen LogP contribution in [0.25, 0.3) is 0 Å². The molecule has 5 nitrogen and oxygen atoms in total. The van der Waals surface area contributed by atoms with Crippen molar-refractivity contribution in [3.63, 3.8) is 0 Å². The lowest BCUT2D eigenvalue weighted by Gasteiger charge is -1.99. The Kier molecular flexibility index (Phi) is 3.76. The van der Waals surface area contributed by atoms with E-state index in [1.54, 1.807) is 12.1 Å². The molecule has 0 saturated heterocycles.